The van der Waals surface area contributed by atoms with Crippen molar-refractivity contribution in [2.75, 3.05) is 6.61 Å². The van der Waals surface area contributed by atoms with Crippen molar-refractivity contribution >= 4 is 17.8 Å². The Balaban J connectivity index is 2.59. The number of aliphatic carboxylic acids is 1. The van der Waals surface area contributed by atoms with E-state index < -0.39 is 23.9 Å². The molecule has 0 saturated heterocycles. The summed E-state index contributed by atoms with van der Waals surface area (Å²) in [5.74, 6) is -2.25. The number of rotatable bonds is 7. The van der Waals surface area contributed by atoms with Gasteiger partial charge in [-0.15, -0.1) is 0 Å². The first-order chi connectivity index (χ1) is 9.45. The van der Waals surface area contributed by atoms with Gasteiger partial charge in [-0.2, -0.15) is 5.10 Å². The lowest BCUT2D eigenvalue weighted by atomic mass is 10.1. The van der Waals surface area contributed by atoms with Crippen LogP contribution in [0.15, 0.2) is 6.20 Å². The summed E-state index contributed by atoms with van der Waals surface area (Å²) in [5.41, 5.74) is 0.810. The van der Waals surface area contributed by atoms with Crippen LogP contribution in [0.5, 0.6) is 0 Å². The van der Waals surface area contributed by atoms with E-state index in [0.717, 1.165) is 0 Å². The van der Waals surface area contributed by atoms with Gasteiger partial charge in [0, 0.05) is 12.1 Å². The van der Waals surface area contributed by atoms with Gasteiger partial charge >= 0.3 is 11.9 Å². The minimum Gasteiger partial charge on any atom is -0.480 e. The number of hydrogen-bond donors (Lipinski definition) is 3. The van der Waals surface area contributed by atoms with Gasteiger partial charge in [-0.25, -0.2) is 4.79 Å². The molecule has 0 unspecified atom stereocenters. The second kappa shape index (κ2) is 7.27. The molecular weight excluding hydrogens is 266 g/mol. The number of carbonyl (C=O) groups excluding carboxylic acids is 2. The van der Waals surface area contributed by atoms with Crippen LogP contribution >= 0.6 is 0 Å². The van der Waals surface area contributed by atoms with Crippen molar-refractivity contribution in [2.24, 2.45) is 0 Å². The van der Waals surface area contributed by atoms with Gasteiger partial charge in [-0.05, 0) is 20.3 Å². The Morgan fingerprint density at radius 2 is 2.20 bits per heavy atom. The summed E-state index contributed by atoms with van der Waals surface area (Å²) in [6.07, 6.45) is 1.21. The molecule has 0 fully saturated rings. The molecular formula is C12H17N3O5. The van der Waals surface area contributed by atoms with E-state index in [-0.39, 0.29) is 25.0 Å². The lowest BCUT2D eigenvalue weighted by molar-refractivity contribution is -0.144. The third-order valence-electron chi connectivity index (χ3n) is 2.62. The summed E-state index contributed by atoms with van der Waals surface area (Å²) < 4.78 is 4.71. The standard InChI is InChI=1S/C12H17N3O5/c1-3-20-10(16)5-4-9(12(18)19)14-11(17)8-6-13-15-7(8)2/h6,9H,3-5H2,1-2H3,(H,13,15)(H,14,17)(H,18,19)/t9-/m0/s1. The summed E-state index contributed by atoms with van der Waals surface area (Å²) in [5, 5.41) is 17.7. The molecule has 0 bridgehead atoms. The van der Waals surface area contributed by atoms with E-state index in [1.807, 2.05) is 0 Å². The quantitative estimate of drug-likeness (QED) is 0.616. The average molecular weight is 283 g/mol. The number of carboxylic acid groups (broad SMARTS) is 1. The van der Waals surface area contributed by atoms with Gasteiger partial charge in [0.15, 0.2) is 0 Å². The minimum atomic E-state index is -1.20. The largest absolute Gasteiger partial charge is 0.480 e. The molecule has 0 aliphatic heterocycles. The number of nitrogens with one attached hydrogen (secondary N) is 2. The smallest absolute Gasteiger partial charge is 0.326 e. The van der Waals surface area contributed by atoms with Crippen molar-refractivity contribution in [2.45, 2.75) is 32.7 Å². The minimum absolute atomic E-state index is 0.0309. The molecule has 1 rings (SSSR count). The van der Waals surface area contributed by atoms with Gasteiger partial charge in [0.25, 0.3) is 5.91 Å². The van der Waals surface area contributed by atoms with Gasteiger partial charge in [0.05, 0.1) is 18.4 Å². The number of aromatic nitrogens is 2. The summed E-state index contributed by atoms with van der Waals surface area (Å²) in [6.45, 7) is 3.55. The van der Waals surface area contributed by atoms with Crippen LogP contribution in [0.25, 0.3) is 0 Å². The zero-order valence-corrected chi connectivity index (χ0v) is 11.3. The summed E-state index contributed by atoms with van der Waals surface area (Å²) >= 11 is 0. The average Bonchev–Trinajstić information content (AvgIpc) is 2.80. The molecule has 8 heteroatoms. The lowest BCUT2D eigenvalue weighted by Gasteiger charge is -2.13. The number of aromatic amines is 1. The number of carboxylic acids is 1. The number of amides is 1. The summed E-state index contributed by atoms with van der Waals surface area (Å²) in [6, 6.07) is -1.15. The van der Waals surface area contributed by atoms with Gasteiger partial charge in [0.2, 0.25) is 0 Å². The number of H-pyrrole nitrogens is 1. The molecule has 0 saturated carbocycles. The molecule has 1 heterocycles. The first-order valence-corrected chi connectivity index (χ1v) is 6.15. The van der Waals surface area contributed by atoms with Crippen molar-refractivity contribution in [3.63, 3.8) is 0 Å². The van der Waals surface area contributed by atoms with Crippen LogP contribution in [0.3, 0.4) is 0 Å². The maximum Gasteiger partial charge on any atom is 0.326 e. The van der Waals surface area contributed by atoms with Crippen LogP contribution in [0, 0.1) is 6.92 Å². The topological polar surface area (TPSA) is 121 Å². The molecule has 110 valence electrons. The number of esters is 1. The lowest BCUT2D eigenvalue weighted by Crippen LogP contribution is -2.41. The molecule has 3 N–H and O–H groups in total. The van der Waals surface area contributed by atoms with Crippen LogP contribution in [0.2, 0.25) is 0 Å². The first-order valence-electron chi connectivity index (χ1n) is 6.15. The van der Waals surface area contributed by atoms with E-state index in [4.69, 9.17) is 9.84 Å². The van der Waals surface area contributed by atoms with Crippen LogP contribution in [0.4, 0.5) is 0 Å². The zero-order valence-electron chi connectivity index (χ0n) is 11.3. The third kappa shape index (κ3) is 4.38. The van der Waals surface area contributed by atoms with E-state index in [9.17, 15) is 14.4 Å². The molecule has 1 amide bonds. The molecule has 0 aromatic carbocycles. The highest BCUT2D eigenvalue weighted by Crippen LogP contribution is 2.05. The molecule has 0 aliphatic carbocycles. The van der Waals surface area contributed by atoms with Crippen molar-refractivity contribution in [1.82, 2.24) is 15.5 Å². The van der Waals surface area contributed by atoms with E-state index in [0.29, 0.717) is 5.69 Å². The van der Waals surface area contributed by atoms with Crippen LogP contribution in [-0.4, -0.2) is 45.8 Å². The van der Waals surface area contributed by atoms with Crippen LogP contribution < -0.4 is 5.32 Å². The Morgan fingerprint density at radius 3 is 2.70 bits per heavy atom. The Kier molecular flexibility index (Phi) is 5.70. The third-order valence-corrected chi connectivity index (χ3v) is 2.62. The first kappa shape index (κ1) is 15.7. The second-order valence-electron chi connectivity index (χ2n) is 4.12. The summed E-state index contributed by atoms with van der Waals surface area (Å²) in [7, 11) is 0. The number of aryl methyl sites for hydroxylation is 1. The van der Waals surface area contributed by atoms with Crippen molar-refractivity contribution < 1.29 is 24.2 Å². The van der Waals surface area contributed by atoms with Gasteiger partial charge in [-0.3, -0.25) is 14.7 Å². The Bertz CT molecular complexity index is 497. The van der Waals surface area contributed by atoms with Gasteiger partial charge in [-0.1, -0.05) is 0 Å². The molecule has 1 atom stereocenters. The predicted molar refractivity (Wildman–Crippen MR) is 68.1 cm³/mol. The Morgan fingerprint density at radius 1 is 1.50 bits per heavy atom. The summed E-state index contributed by atoms with van der Waals surface area (Å²) in [4.78, 5) is 34.1. The highest BCUT2D eigenvalue weighted by molar-refractivity contribution is 5.97. The zero-order chi connectivity index (χ0) is 15.1. The predicted octanol–water partition coefficient (Wildman–Crippen LogP) is 0.244. The molecule has 0 spiro atoms. The highest BCUT2D eigenvalue weighted by Gasteiger charge is 2.23. The highest BCUT2D eigenvalue weighted by atomic mass is 16.5. The van der Waals surface area contributed by atoms with Crippen molar-refractivity contribution in [1.29, 1.82) is 0 Å². The number of nitrogens with zero attached hydrogens (tertiary/aromatic N) is 1. The normalized spacial score (nSPS) is 11.7. The molecule has 0 radical (unpaired) electrons. The Hall–Kier alpha value is -2.38. The fraction of sp³-hybridized carbons (Fsp3) is 0.500. The van der Waals surface area contributed by atoms with Crippen molar-refractivity contribution in [3.05, 3.63) is 17.5 Å². The van der Waals surface area contributed by atoms with Gasteiger partial charge in [0.1, 0.15) is 6.04 Å². The maximum atomic E-state index is 11.9. The molecule has 1 aromatic rings. The van der Waals surface area contributed by atoms with Crippen LogP contribution in [-0.2, 0) is 14.3 Å². The maximum absolute atomic E-state index is 11.9. The van der Waals surface area contributed by atoms with Crippen molar-refractivity contribution in [3.8, 4) is 0 Å². The van der Waals surface area contributed by atoms with Gasteiger partial charge < -0.3 is 15.2 Å². The SMILES string of the molecule is CCOC(=O)CC[C@H](NC(=O)c1cn[nH]c1C)C(=O)O. The molecule has 0 aliphatic rings. The van der Waals surface area contributed by atoms with E-state index in [1.54, 1.807) is 13.8 Å². The fourth-order valence-corrected chi connectivity index (χ4v) is 1.57. The number of carbonyl (C=O) groups is 3. The fourth-order valence-electron chi connectivity index (χ4n) is 1.57. The van der Waals surface area contributed by atoms with Crippen LogP contribution in [0.1, 0.15) is 35.8 Å². The number of hydrogen-bond acceptors (Lipinski definition) is 5. The second-order valence-corrected chi connectivity index (χ2v) is 4.12. The Labute approximate surface area is 115 Å². The monoisotopic (exact) mass is 283 g/mol. The van der Waals surface area contributed by atoms with E-state index in [2.05, 4.69) is 15.5 Å². The molecule has 8 nitrogen and oxygen atoms in total. The molecule has 20 heavy (non-hydrogen) atoms. The van der Waals surface area contributed by atoms with E-state index in [1.165, 1.54) is 6.20 Å². The number of ether oxygens (including phenoxy) is 1. The molecule has 1 aromatic heterocycles. The van der Waals surface area contributed by atoms with E-state index >= 15 is 0 Å².